The molecule has 0 aromatic carbocycles. The van der Waals surface area contributed by atoms with Crippen LogP contribution in [-0.2, 0) is 9.59 Å². The molecule has 0 aromatic rings. The number of likely N-dealkylation sites (N-methyl/N-ethyl adjacent to an activating group) is 1. The standard InChI is InChI=1S/C14H27N3O2/c1-10(2)16-13(18)9-17(3)14(19)12-6-4-5-11(7-12)8-15/h10-12H,4-9,15H2,1-3H3,(H,16,18). The fourth-order valence-corrected chi connectivity index (χ4v) is 2.70. The molecule has 1 aliphatic carbocycles. The summed E-state index contributed by atoms with van der Waals surface area (Å²) in [6, 6.07) is 0.104. The van der Waals surface area contributed by atoms with Gasteiger partial charge in [-0.3, -0.25) is 9.59 Å². The van der Waals surface area contributed by atoms with Gasteiger partial charge in [0, 0.05) is 19.0 Å². The molecule has 0 aromatic heterocycles. The molecular weight excluding hydrogens is 242 g/mol. The van der Waals surface area contributed by atoms with Gasteiger partial charge < -0.3 is 16.0 Å². The molecule has 5 heteroatoms. The molecule has 19 heavy (non-hydrogen) atoms. The Morgan fingerprint density at radius 3 is 2.63 bits per heavy atom. The van der Waals surface area contributed by atoms with E-state index in [1.54, 1.807) is 11.9 Å². The van der Waals surface area contributed by atoms with Gasteiger partial charge in [0.15, 0.2) is 0 Å². The fourth-order valence-electron chi connectivity index (χ4n) is 2.70. The zero-order chi connectivity index (χ0) is 14.4. The molecule has 0 aliphatic heterocycles. The molecule has 3 N–H and O–H groups in total. The van der Waals surface area contributed by atoms with E-state index in [1.807, 2.05) is 13.8 Å². The van der Waals surface area contributed by atoms with Crippen molar-refractivity contribution in [2.24, 2.45) is 17.6 Å². The van der Waals surface area contributed by atoms with E-state index < -0.39 is 0 Å². The number of carbonyl (C=O) groups is 2. The van der Waals surface area contributed by atoms with E-state index in [0.29, 0.717) is 12.5 Å². The molecule has 1 rings (SSSR count). The van der Waals surface area contributed by atoms with Crippen LogP contribution < -0.4 is 11.1 Å². The summed E-state index contributed by atoms with van der Waals surface area (Å²) in [5.41, 5.74) is 5.69. The van der Waals surface area contributed by atoms with Crippen molar-refractivity contribution >= 4 is 11.8 Å². The number of nitrogens with two attached hydrogens (primary N) is 1. The highest BCUT2D eigenvalue weighted by Gasteiger charge is 2.29. The quantitative estimate of drug-likeness (QED) is 0.773. The van der Waals surface area contributed by atoms with E-state index in [1.165, 1.54) is 0 Å². The highest BCUT2D eigenvalue weighted by Crippen LogP contribution is 2.29. The Morgan fingerprint density at radius 1 is 1.37 bits per heavy atom. The van der Waals surface area contributed by atoms with E-state index in [0.717, 1.165) is 25.7 Å². The molecule has 5 nitrogen and oxygen atoms in total. The summed E-state index contributed by atoms with van der Waals surface area (Å²) < 4.78 is 0. The summed E-state index contributed by atoms with van der Waals surface area (Å²) in [6.07, 6.45) is 3.97. The minimum absolute atomic E-state index is 0.0409. The molecule has 2 amide bonds. The van der Waals surface area contributed by atoms with Crippen LogP contribution in [0.3, 0.4) is 0 Å². The number of hydrogen-bond acceptors (Lipinski definition) is 3. The van der Waals surface area contributed by atoms with Crippen molar-refractivity contribution in [3.8, 4) is 0 Å². The predicted molar refractivity (Wildman–Crippen MR) is 75.4 cm³/mol. The lowest BCUT2D eigenvalue weighted by Gasteiger charge is -2.30. The number of amides is 2. The Bertz CT molecular complexity index is 318. The fraction of sp³-hybridized carbons (Fsp3) is 0.857. The number of nitrogens with zero attached hydrogens (tertiary/aromatic N) is 1. The second kappa shape index (κ2) is 7.48. The minimum Gasteiger partial charge on any atom is -0.352 e. The van der Waals surface area contributed by atoms with E-state index >= 15 is 0 Å². The second-order valence-corrected chi connectivity index (χ2v) is 5.88. The van der Waals surface area contributed by atoms with Crippen LogP contribution >= 0.6 is 0 Å². The molecule has 0 heterocycles. The first-order valence-corrected chi connectivity index (χ1v) is 7.18. The first kappa shape index (κ1) is 16.0. The van der Waals surface area contributed by atoms with Crippen molar-refractivity contribution in [2.75, 3.05) is 20.1 Å². The topological polar surface area (TPSA) is 75.4 Å². The maximum atomic E-state index is 12.3. The van der Waals surface area contributed by atoms with Gasteiger partial charge in [0.25, 0.3) is 0 Å². The normalized spacial score (nSPS) is 23.2. The van der Waals surface area contributed by atoms with Gasteiger partial charge in [-0.2, -0.15) is 0 Å². The average molecular weight is 269 g/mol. The third-order valence-corrected chi connectivity index (χ3v) is 3.67. The summed E-state index contributed by atoms with van der Waals surface area (Å²) in [5, 5.41) is 2.80. The molecule has 1 fully saturated rings. The number of carbonyl (C=O) groups excluding carboxylic acids is 2. The highest BCUT2D eigenvalue weighted by atomic mass is 16.2. The number of rotatable bonds is 5. The van der Waals surface area contributed by atoms with Gasteiger partial charge in [0.1, 0.15) is 0 Å². The Balaban J connectivity index is 2.45. The summed E-state index contributed by atoms with van der Waals surface area (Å²) in [4.78, 5) is 25.5. The minimum atomic E-state index is -0.1000. The van der Waals surface area contributed by atoms with E-state index in [4.69, 9.17) is 5.73 Å². The summed E-state index contributed by atoms with van der Waals surface area (Å²) in [7, 11) is 1.70. The highest BCUT2D eigenvalue weighted by molar-refractivity contribution is 5.85. The predicted octanol–water partition coefficient (Wildman–Crippen LogP) is 0.735. The Hall–Kier alpha value is -1.10. The molecule has 0 spiro atoms. The molecule has 1 aliphatic rings. The lowest BCUT2D eigenvalue weighted by atomic mass is 9.81. The van der Waals surface area contributed by atoms with Crippen molar-refractivity contribution in [1.29, 1.82) is 0 Å². The molecule has 0 radical (unpaired) electrons. The summed E-state index contributed by atoms with van der Waals surface area (Å²) in [6.45, 7) is 4.61. The van der Waals surface area contributed by atoms with Crippen LogP contribution in [0.5, 0.6) is 0 Å². The van der Waals surface area contributed by atoms with Crippen LogP contribution in [0, 0.1) is 11.8 Å². The van der Waals surface area contributed by atoms with Gasteiger partial charge in [0.05, 0.1) is 6.54 Å². The second-order valence-electron chi connectivity index (χ2n) is 5.88. The number of nitrogens with one attached hydrogen (secondary N) is 1. The molecule has 1 saturated carbocycles. The van der Waals surface area contributed by atoms with Crippen molar-refractivity contribution in [3.05, 3.63) is 0 Å². The maximum Gasteiger partial charge on any atom is 0.239 e. The van der Waals surface area contributed by atoms with Gasteiger partial charge in [0.2, 0.25) is 11.8 Å². The Morgan fingerprint density at radius 2 is 2.05 bits per heavy atom. The molecule has 110 valence electrons. The van der Waals surface area contributed by atoms with Crippen LogP contribution in [-0.4, -0.2) is 42.9 Å². The van der Waals surface area contributed by atoms with E-state index in [9.17, 15) is 9.59 Å². The van der Waals surface area contributed by atoms with Gasteiger partial charge in [-0.15, -0.1) is 0 Å². The van der Waals surface area contributed by atoms with E-state index in [2.05, 4.69) is 5.32 Å². The van der Waals surface area contributed by atoms with Crippen molar-refractivity contribution in [2.45, 2.75) is 45.6 Å². The first-order chi connectivity index (χ1) is 8.93. The Labute approximate surface area is 115 Å². The molecule has 2 unspecified atom stereocenters. The van der Waals surface area contributed by atoms with Crippen LogP contribution in [0.1, 0.15) is 39.5 Å². The third kappa shape index (κ3) is 5.19. The molecule has 0 bridgehead atoms. The number of hydrogen-bond donors (Lipinski definition) is 2. The average Bonchev–Trinajstić information content (AvgIpc) is 2.36. The summed E-state index contributed by atoms with van der Waals surface area (Å²) >= 11 is 0. The van der Waals surface area contributed by atoms with E-state index in [-0.39, 0.29) is 30.3 Å². The van der Waals surface area contributed by atoms with Crippen LogP contribution in [0.15, 0.2) is 0 Å². The monoisotopic (exact) mass is 269 g/mol. The largest absolute Gasteiger partial charge is 0.352 e. The molecule has 2 atom stereocenters. The molecular formula is C14H27N3O2. The van der Waals surface area contributed by atoms with Gasteiger partial charge in [-0.1, -0.05) is 6.42 Å². The van der Waals surface area contributed by atoms with Crippen LogP contribution in [0.25, 0.3) is 0 Å². The van der Waals surface area contributed by atoms with Crippen molar-refractivity contribution in [1.82, 2.24) is 10.2 Å². The summed E-state index contributed by atoms with van der Waals surface area (Å²) in [5.74, 6) is 0.480. The SMILES string of the molecule is CC(C)NC(=O)CN(C)C(=O)C1CCCC(CN)C1. The lowest BCUT2D eigenvalue weighted by Crippen LogP contribution is -2.43. The molecule has 0 saturated heterocycles. The zero-order valence-corrected chi connectivity index (χ0v) is 12.3. The maximum absolute atomic E-state index is 12.3. The van der Waals surface area contributed by atoms with Gasteiger partial charge in [-0.05, 0) is 45.6 Å². The van der Waals surface area contributed by atoms with Crippen molar-refractivity contribution in [3.63, 3.8) is 0 Å². The van der Waals surface area contributed by atoms with Gasteiger partial charge in [-0.25, -0.2) is 0 Å². The third-order valence-electron chi connectivity index (χ3n) is 3.67. The van der Waals surface area contributed by atoms with Crippen LogP contribution in [0.2, 0.25) is 0 Å². The first-order valence-electron chi connectivity index (χ1n) is 7.18. The van der Waals surface area contributed by atoms with Crippen molar-refractivity contribution < 1.29 is 9.59 Å². The Kier molecular flexibility index (Phi) is 6.28. The lowest BCUT2D eigenvalue weighted by molar-refractivity contribution is -0.139. The smallest absolute Gasteiger partial charge is 0.239 e. The zero-order valence-electron chi connectivity index (χ0n) is 12.3. The van der Waals surface area contributed by atoms with Crippen LogP contribution in [0.4, 0.5) is 0 Å². The van der Waals surface area contributed by atoms with Gasteiger partial charge >= 0.3 is 0 Å².